The molecule has 2 aromatic rings. The summed E-state index contributed by atoms with van der Waals surface area (Å²) in [5, 5.41) is 7.00. The van der Waals surface area contributed by atoms with Gasteiger partial charge in [-0.2, -0.15) is 4.98 Å². The summed E-state index contributed by atoms with van der Waals surface area (Å²) in [6.45, 7) is 5.26. The highest BCUT2D eigenvalue weighted by atomic mass is 15.1. The van der Waals surface area contributed by atoms with Crippen LogP contribution in [-0.4, -0.2) is 22.6 Å². The molecule has 1 heterocycles. The minimum Gasteiger partial charge on any atom is -0.367 e. The lowest BCUT2D eigenvalue weighted by atomic mass is 9.95. The van der Waals surface area contributed by atoms with Gasteiger partial charge in [0.15, 0.2) is 0 Å². The topological polar surface area (TPSA) is 49.8 Å². The zero-order chi connectivity index (χ0) is 16.8. The number of hydrogen-bond donors (Lipinski definition) is 2. The average Bonchev–Trinajstić information content (AvgIpc) is 2.61. The van der Waals surface area contributed by atoms with E-state index in [0.717, 1.165) is 23.6 Å². The van der Waals surface area contributed by atoms with Gasteiger partial charge in [0.25, 0.3) is 0 Å². The second-order valence-electron chi connectivity index (χ2n) is 7.08. The number of rotatable bonds is 6. The van der Waals surface area contributed by atoms with Crippen molar-refractivity contribution in [3.05, 3.63) is 36.4 Å². The molecule has 1 aromatic heterocycles. The summed E-state index contributed by atoms with van der Waals surface area (Å²) in [5.74, 6) is 2.20. The van der Waals surface area contributed by atoms with Crippen LogP contribution in [0.3, 0.4) is 0 Å². The largest absolute Gasteiger partial charge is 0.367 e. The van der Waals surface area contributed by atoms with E-state index in [2.05, 4.69) is 42.7 Å². The van der Waals surface area contributed by atoms with Crippen LogP contribution in [0.2, 0.25) is 0 Å². The van der Waals surface area contributed by atoms with Gasteiger partial charge in [0.1, 0.15) is 5.82 Å². The minimum absolute atomic E-state index is 0.537. The molecular weight excluding hydrogens is 296 g/mol. The van der Waals surface area contributed by atoms with Crippen LogP contribution in [0.25, 0.3) is 11.3 Å². The van der Waals surface area contributed by atoms with Crippen LogP contribution in [0.15, 0.2) is 36.4 Å². The molecule has 1 saturated carbocycles. The highest BCUT2D eigenvalue weighted by Crippen LogP contribution is 2.25. The Labute approximate surface area is 145 Å². The Hall–Kier alpha value is -2.10. The number of hydrogen-bond acceptors (Lipinski definition) is 4. The SMILES string of the molecule is CC(C)CNc1nc(NC2CCCCC2)cc(-c2ccccc2)n1. The second kappa shape index (κ2) is 8.13. The van der Waals surface area contributed by atoms with Gasteiger partial charge in [-0.05, 0) is 18.8 Å². The van der Waals surface area contributed by atoms with Gasteiger partial charge < -0.3 is 10.6 Å². The molecule has 0 saturated heterocycles. The highest BCUT2D eigenvalue weighted by Gasteiger charge is 2.15. The van der Waals surface area contributed by atoms with E-state index in [-0.39, 0.29) is 0 Å². The van der Waals surface area contributed by atoms with Crippen LogP contribution in [-0.2, 0) is 0 Å². The minimum atomic E-state index is 0.537. The quantitative estimate of drug-likeness (QED) is 0.789. The Balaban J connectivity index is 1.84. The molecule has 0 bridgehead atoms. The van der Waals surface area contributed by atoms with Gasteiger partial charge in [0.05, 0.1) is 5.69 Å². The highest BCUT2D eigenvalue weighted by molar-refractivity contribution is 5.64. The predicted molar refractivity (Wildman–Crippen MR) is 101 cm³/mol. The second-order valence-corrected chi connectivity index (χ2v) is 7.08. The predicted octanol–water partition coefficient (Wildman–Crippen LogP) is 4.96. The third-order valence-electron chi connectivity index (χ3n) is 4.42. The van der Waals surface area contributed by atoms with Crippen molar-refractivity contribution in [3.63, 3.8) is 0 Å². The Morgan fingerprint density at radius 3 is 2.50 bits per heavy atom. The third-order valence-corrected chi connectivity index (χ3v) is 4.42. The van der Waals surface area contributed by atoms with Crippen LogP contribution in [0.1, 0.15) is 46.0 Å². The maximum absolute atomic E-state index is 4.71. The number of nitrogens with one attached hydrogen (secondary N) is 2. The molecule has 4 heteroatoms. The lowest BCUT2D eigenvalue weighted by Crippen LogP contribution is -2.23. The molecule has 3 rings (SSSR count). The first-order valence-electron chi connectivity index (χ1n) is 9.15. The third kappa shape index (κ3) is 4.70. The van der Waals surface area contributed by atoms with Crippen molar-refractivity contribution in [2.45, 2.75) is 52.0 Å². The fourth-order valence-electron chi connectivity index (χ4n) is 3.11. The summed E-state index contributed by atoms with van der Waals surface area (Å²) < 4.78 is 0. The summed E-state index contributed by atoms with van der Waals surface area (Å²) in [5.41, 5.74) is 2.09. The van der Waals surface area contributed by atoms with E-state index < -0.39 is 0 Å². The molecule has 2 N–H and O–H groups in total. The standard InChI is InChI=1S/C20H28N4/c1-15(2)14-21-20-23-18(16-9-5-3-6-10-16)13-19(24-20)22-17-11-7-4-8-12-17/h3,5-6,9-10,13,15,17H,4,7-8,11-12,14H2,1-2H3,(H2,21,22,23,24). The number of benzene rings is 1. The van der Waals surface area contributed by atoms with Crippen molar-refractivity contribution in [3.8, 4) is 11.3 Å². The van der Waals surface area contributed by atoms with E-state index in [4.69, 9.17) is 9.97 Å². The van der Waals surface area contributed by atoms with Crippen molar-refractivity contribution in [1.82, 2.24) is 9.97 Å². The molecule has 0 aliphatic heterocycles. The summed E-state index contributed by atoms with van der Waals surface area (Å²) in [4.78, 5) is 9.40. The van der Waals surface area contributed by atoms with Crippen LogP contribution >= 0.6 is 0 Å². The normalized spacial score (nSPS) is 15.5. The molecule has 0 spiro atoms. The monoisotopic (exact) mass is 324 g/mol. The molecule has 24 heavy (non-hydrogen) atoms. The van der Waals surface area contributed by atoms with Gasteiger partial charge in [0, 0.05) is 24.2 Å². The van der Waals surface area contributed by atoms with Gasteiger partial charge in [-0.1, -0.05) is 63.4 Å². The number of aromatic nitrogens is 2. The summed E-state index contributed by atoms with van der Waals surface area (Å²) in [6, 6.07) is 12.9. The Morgan fingerprint density at radius 1 is 1.04 bits per heavy atom. The molecule has 128 valence electrons. The zero-order valence-corrected chi connectivity index (χ0v) is 14.8. The Morgan fingerprint density at radius 2 is 1.79 bits per heavy atom. The van der Waals surface area contributed by atoms with Crippen molar-refractivity contribution in [2.75, 3.05) is 17.2 Å². The maximum Gasteiger partial charge on any atom is 0.225 e. The molecule has 4 nitrogen and oxygen atoms in total. The molecular formula is C20H28N4. The smallest absolute Gasteiger partial charge is 0.225 e. The van der Waals surface area contributed by atoms with Crippen molar-refractivity contribution in [2.24, 2.45) is 5.92 Å². The lowest BCUT2D eigenvalue weighted by Gasteiger charge is -2.23. The Bertz CT molecular complexity index is 633. The molecule has 1 fully saturated rings. The van der Waals surface area contributed by atoms with E-state index in [0.29, 0.717) is 17.9 Å². The molecule has 1 aliphatic carbocycles. The average molecular weight is 324 g/mol. The summed E-state index contributed by atoms with van der Waals surface area (Å²) in [6.07, 6.45) is 6.46. The first kappa shape index (κ1) is 16.7. The van der Waals surface area contributed by atoms with Crippen LogP contribution in [0, 0.1) is 5.92 Å². The lowest BCUT2D eigenvalue weighted by molar-refractivity contribution is 0.462. The van der Waals surface area contributed by atoms with Crippen LogP contribution < -0.4 is 10.6 Å². The Kier molecular flexibility index (Phi) is 5.68. The van der Waals surface area contributed by atoms with E-state index in [9.17, 15) is 0 Å². The van der Waals surface area contributed by atoms with Crippen molar-refractivity contribution in [1.29, 1.82) is 0 Å². The van der Waals surface area contributed by atoms with E-state index >= 15 is 0 Å². The van der Waals surface area contributed by atoms with Crippen LogP contribution in [0.4, 0.5) is 11.8 Å². The molecule has 1 aromatic carbocycles. The molecule has 0 unspecified atom stereocenters. The number of anilines is 2. The zero-order valence-electron chi connectivity index (χ0n) is 14.8. The molecule has 0 atom stereocenters. The van der Waals surface area contributed by atoms with E-state index in [1.54, 1.807) is 0 Å². The number of nitrogens with zero attached hydrogens (tertiary/aromatic N) is 2. The molecule has 0 amide bonds. The first-order valence-corrected chi connectivity index (χ1v) is 9.15. The van der Waals surface area contributed by atoms with Crippen molar-refractivity contribution >= 4 is 11.8 Å². The van der Waals surface area contributed by atoms with Crippen molar-refractivity contribution < 1.29 is 0 Å². The van der Waals surface area contributed by atoms with Gasteiger partial charge in [-0.15, -0.1) is 0 Å². The van der Waals surface area contributed by atoms with Crippen LogP contribution in [0.5, 0.6) is 0 Å². The van der Waals surface area contributed by atoms with Gasteiger partial charge >= 0.3 is 0 Å². The molecule has 0 radical (unpaired) electrons. The van der Waals surface area contributed by atoms with Gasteiger partial charge in [-0.25, -0.2) is 4.98 Å². The fourth-order valence-corrected chi connectivity index (χ4v) is 3.11. The summed E-state index contributed by atoms with van der Waals surface area (Å²) in [7, 11) is 0. The van der Waals surface area contributed by atoms with Gasteiger partial charge in [-0.3, -0.25) is 0 Å². The van der Waals surface area contributed by atoms with E-state index in [1.807, 2.05) is 18.2 Å². The molecule has 1 aliphatic rings. The summed E-state index contributed by atoms with van der Waals surface area (Å²) >= 11 is 0. The fraction of sp³-hybridized carbons (Fsp3) is 0.500. The van der Waals surface area contributed by atoms with E-state index in [1.165, 1.54) is 32.1 Å². The van der Waals surface area contributed by atoms with Gasteiger partial charge in [0.2, 0.25) is 5.95 Å². The maximum atomic E-state index is 4.71. The first-order chi connectivity index (χ1) is 11.7.